The zero-order valence-corrected chi connectivity index (χ0v) is 8.09. The maximum atomic E-state index is 11.2. The van der Waals surface area contributed by atoms with Gasteiger partial charge >= 0.3 is 0 Å². The molecule has 1 aromatic rings. The molecule has 0 atom stereocenters. The first-order chi connectivity index (χ1) is 5.24. The van der Waals surface area contributed by atoms with E-state index in [0.717, 1.165) is 9.88 Å². The van der Waals surface area contributed by atoms with Gasteiger partial charge in [0.05, 0.1) is 15.6 Å². The SMILES string of the molecule is CSCC(=O)c1cnc(C)s1. The summed E-state index contributed by atoms with van der Waals surface area (Å²) in [6.07, 6.45) is 3.57. The monoisotopic (exact) mass is 187 g/mol. The first kappa shape index (κ1) is 8.74. The van der Waals surface area contributed by atoms with Gasteiger partial charge in [0.15, 0.2) is 5.78 Å². The molecule has 0 amide bonds. The minimum absolute atomic E-state index is 0.183. The average molecular weight is 187 g/mol. The largest absolute Gasteiger partial charge is 0.292 e. The predicted molar refractivity (Wildman–Crippen MR) is 49.6 cm³/mol. The summed E-state index contributed by atoms with van der Waals surface area (Å²) in [6.45, 7) is 1.90. The lowest BCUT2D eigenvalue weighted by Gasteiger charge is -1.90. The van der Waals surface area contributed by atoms with Crippen LogP contribution in [0.25, 0.3) is 0 Å². The topological polar surface area (TPSA) is 30.0 Å². The fourth-order valence-electron chi connectivity index (χ4n) is 0.693. The zero-order chi connectivity index (χ0) is 8.27. The van der Waals surface area contributed by atoms with E-state index in [9.17, 15) is 4.79 Å². The first-order valence-corrected chi connectivity index (χ1v) is 5.39. The van der Waals surface area contributed by atoms with Crippen LogP contribution in [0, 0.1) is 6.92 Å². The van der Waals surface area contributed by atoms with E-state index in [1.54, 1.807) is 18.0 Å². The smallest absolute Gasteiger partial charge is 0.184 e. The van der Waals surface area contributed by atoms with Crippen molar-refractivity contribution >= 4 is 28.9 Å². The number of carbonyl (C=O) groups is 1. The van der Waals surface area contributed by atoms with Crippen LogP contribution in [0.2, 0.25) is 0 Å². The summed E-state index contributed by atoms with van der Waals surface area (Å²) < 4.78 is 0. The standard InChI is InChI=1S/C7H9NOS2/c1-5-8-3-7(11-5)6(9)4-10-2/h3H,4H2,1-2H3. The van der Waals surface area contributed by atoms with Crippen LogP contribution < -0.4 is 0 Å². The second kappa shape index (κ2) is 3.88. The summed E-state index contributed by atoms with van der Waals surface area (Å²) in [7, 11) is 0. The Hall–Kier alpha value is -0.350. The van der Waals surface area contributed by atoms with Crippen molar-refractivity contribution in [2.75, 3.05) is 12.0 Å². The van der Waals surface area contributed by atoms with Crippen LogP contribution >= 0.6 is 23.1 Å². The van der Waals surface area contributed by atoms with Gasteiger partial charge in [0.2, 0.25) is 0 Å². The van der Waals surface area contributed by atoms with Gasteiger partial charge in [-0.05, 0) is 13.2 Å². The van der Waals surface area contributed by atoms with Gasteiger partial charge < -0.3 is 0 Å². The van der Waals surface area contributed by atoms with Gasteiger partial charge in [-0.3, -0.25) is 4.79 Å². The lowest BCUT2D eigenvalue weighted by Crippen LogP contribution is -1.98. The average Bonchev–Trinajstić information content (AvgIpc) is 2.36. The molecule has 0 unspecified atom stereocenters. The van der Waals surface area contributed by atoms with Crippen molar-refractivity contribution in [1.82, 2.24) is 4.98 Å². The third-order valence-electron chi connectivity index (χ3n) is 1.17. The van der Waals surface area contributed by atoms with Crippen LogP contribution in [0.15, 0.2) is 6.20 Å². The molecule has 1 rings (SSSR count). The number of hydrogen-bond donors (Lipinski definition) is 0. The van der Waals surface area contributed by atoms with Gasteiger partial charge in [0.25, 0.3) is 0 Å². The summed E-state index contributed by atoms with van der Waals surface area (Å²) in [6, 6.07) is 0. The van der Waals surface area contributed by atoms with Crippen LogP contribution in [-0.2, 0) is 0 Å². The van der Waals surface area contributed by atoms with E-state index >= 15 is 0 Å². The molecular formula is C7H9NOS2. The highest BCUT2D eigenvalue weighted by Crippen LogP contribution is 2.13. The summed E-state index contributed by atoms with van der Waals surface area (Å²) in [5.74, 6) is 0.741. The first-order valence-electron chi connectivity index (χ1n) is 3.18. The number of nitrogens with zero attached hydrogens (tertiary/aromatic N) is 1. The number of thiazole rings is 1. The number of Topliss-reactive ketones (excluding diaryl/α,β-unsaturated/α-hetero) is 1. The molecular weight excluding hydrogens is 178 g/mol. The summed E-state index contributed by atoms with van der Waals surface area (Å²) in [5, 5.41) is 0.953. The lowest BCUT2D eigenvalue weighted by atomic mass is 10.4. The molecule has 0 spiro atoms. The molecule has 0 aromatic carbocycles. The van der Waals surface area contributed by atoms with Crippen molar-refractivity contribution in [3.8, 4) is 0 Å². The molecule has 0 saturated carbocycles. The number of carbonyl (C=O) groups excluding carboxylic acids is 1. The Kier molecular flexibility index (Phi) is 3.08. The Labute approximate surface area is 74.0 Å². The van der Waals surface area contributed by atoms with Crippen molar-refractivity contribution in [2.45, 2.75) is 6.92 Å². The van der Waals surface area contributed by atoms with Gasteiger partial charge in [0.1, 0.15) is 0 Å². The van der Waals surface area contributed by atoms with E-state index in [2.05, 4.69) is 4.98 Å². The van der Waals surface area contributed by atoms with E-state index in [1.165, 1.54) is 11.3 Å². The Morgan fingerprint density at radius 1 is 1.82 bits per heavy atom. The third-order valence-corrected chi connectivity index (χ3v) is 2.68. The zero-order valence-electron chi connectivity index (χ0n) is 6.46. The Balaban J connectivity index is 2.69. The minimum Gasteiger partial charge on any atom is -0.292 e. The number of rotatable bonds is 3. The van der Waals surface area contributed by atoms with Crippen molar-refractivity contribution in [1.29, 1.82) is 0 Å². The molecule has 0 N–H and O–H groups in total. The molecule has 1 heterocycles. The molecule has 0 fully saturated rings. The molecule has 1 aromatic heterocycles. The van der Waals surface area contributed by atoms with E-state index in [4.69, 9.17) is 0 Å². The lowest BCUT2D eigenvalue weighted by molar-refractivity contribution is 0.102. The van der Waals surface area contributed by atoms with Crippen LogP contribution in [0.5, 0.6) is 0 Å². The van der Waals surface area contributed by atoms with E-state index in [-0.39, 0.29) is 5.78 Å². The highest BCUT2D eigenvalue weighted by atomic mass is 32.2. The van der Waals surface area contributed by atoms with Crippen molar-refractivity contribution < 1.29 is 4.79 Å². The molecule has 60 valence electrons. The maximum absolute atomic E-state index is 11.2. The quantitative estimate of drug-likeness (QED) is 0.678. The molecule has 0 bridgehead atoms. The van der Waals surface area contributed by atoms with E-state index in [1.807, 2.05) is 13.2 Å². The van der Waals surface area contributed by atoms with Crippen LogP contribution in [0.3, 0.4) is 0 Å². The van der Waals surface area contributed by atoms with Gasteiger partial charge in [-0.2, -0.15) is 11.8 Å². The van der Waals surface area contributed by atoms with E-state index in [0.29, 0.717) is 5.75 Å². The molecule has 0 aliphatic heterocycles. The predicted octanol–water partition coefficient (Wildman–Crippen LogP) is 2.00. The van der Waals surface area contributed by atoms with Crippen molar-refractivity contribution in [3.63, 3.8) is 0 Å². The third kappa shape index (κ3) is 2.31. The molecule has 0 radical (unpaired) electrons. The van der Waals surface area contributed by atoms with Crippen LogP contribution in [-0.4, -0.2) is 22.8 Å². The molecule has 0 saturated heterocycles. The fraction of sp³-hybridized carbons (Fsp3) is 0.429. The second-order valence-electron chi connectivity index (χ2n) is 2.10. The van der Waals surface area contributed by atoms with Gasteiger partial charge in [0, 0.05) is 6.20 Å². The number of aromatic nitrogens is 1. The summed E-state index contributed by atoms with van der Waals surface area (Å²) >= 11 is 3.00. The summed E-state index contributed by atoms with van der Waals surface area (Å²) in [4.78, 5) is 16.0. The number of thioether (sulfide) groups is 1. The summed E-state index contributed by atoms with van der Waals surface area (Å²) in [5.41, 5.74) is 0. The molecule has 0 aliphatic carbocycles. The Bertz CT molecular complexity index is 257. The van der Waals surface area contributed by atoms with Crippen LogP contribution in [0.1, 0.15) is 14.7 Å². The Morgan fingerprint density at radius 2 is 2.55 bits per heavy atom. The van der Waals surface area contributed by atoms with Gasteiger partial charge in [-0.1, -0.05) is 0 Å². The second-order valence-corrected chi connectivity index (χ2v) is 4.20. The number of aryl methyl sites for hydroxylation is 1. The normalized spacial score (nSPS) is 10.0. The number of hydrogen-bond acceptors (Lipinski definition) is 4. The minimum atomic E-state index is 0.183. The van der Waals surface area contributed by atoms with Crippen LogP contribution in [0.4, 0.5) is 0 Å². The molecule has 11 heavy (non-hydrogen) atoms. The van der Waals surface area contributed by atoms with Gasteiger partial charge in [-0.25, -0.2) is 4.98 Å². The van der Waals surface area contributed by atoms with Crippen molar-refractivity contribution in [3.05, 3.63) is 16.1 Å². The number of ketones is 1. The Morgan fingerprint density at radius 3 is 3.00 bits per heavy atom. The van der Waals surface area contributed by atoms with Crippen molar-refractivity contribution in [2.24, 2.45) is 0 Å². The van der Waals surface area contributed by atoms with E-state index < -0.39 is 0 Å². The maximum Gasteiger partial charge on any atom is 0.184 e. The molecule has 2 nitrogen and oxygen atoms in total. The molecule has 4 heteroatoms. The fourth-order valence-corrected chi connectivity index (χ4v) is 1.92. The van der Waals surface area contributed by atoms with Gasteiger partial charge in [-0.15, -0.1) is 11.3 Å². The highest BCUT2D eigenvalue weighted by Gasteiger charge is 2.06. The molecule has 0 aliphatic rings. The highest BCUT2D eigenvalue weighted by molar-refractivity contribution is 7.99.